The highest BCUT2D eigenvalue weighted by Crippen LogP contribution is 2.30. The zero-order valence-corrected chi connectivity index (χ0v) is 6.98. The standard InChI is InChI=1S/C5H14NO2P/c1-5(4-7)6-9(2,3)8/h5,7H,4H2,1-3H3,(H,6,8). The summed E-state index contributed by atoms with van der Waals surface area (Å²) in [6.45, 7) is 5.10. The van der Waals surface area contributed by atoms with Crippen LogP contribution in [0, 0.1) is 0 Å². The van der Waals surface area contributed by atoms with E-state index in [0.717, 1.165) is 0 Å². The molecule has 0 saturated carbocycles. The number of aliphatic hydroxyl groups excluding tert-OH is 1. The van der Waals surface area contributed by atoms with Gasteiger partial charge in [-0.3, -0.25) is 5.09 Å². The lowest BCUT2D eigenvalue weighted by atomic mass is 10.4. The average molecular weight is 151 g/mol. The second-order valence-electron chi connectivity index (χ2n) is 2.56. The molecule has 0 aliphatic rings. The molecule has 2 N–H and O–H groups in total. The molecule has 0 bridgehead atoms. The van der Waals surface area contributed by atoms with Gasteiger partial charge >= 0.3 is 0 Å². The molecule has 0 aliphatic heterocycles. The maximum Gasteiger partial charge on any atom is 0.142 e. The predicted molar refractivity (Wildman–Crippen MR) is 39.1 cm³/mol. The van der Waals surface area contributed by atoms with Gasteiger partial charge < -0.3 is 9.67 Å². The molecule has 0 fully saturated rings. The molecule has 4 heteroatoms. The van der Waals surface area contributed by atoms with Crippen LogP contribution in [0.5, 0.6) is 0 Å². The summed E-state index contributed by atoms with van der Waals surface area (Å²) < 4.78 is 11.0. The fourth-order valence-corrected chi connectivity index (χ4v) is 1.71. The van der Waals surface area contributed by atoms with Crippen molar-refractivity contribution < 1.29 is 9.67 Å². The number of rotatable bonds is 3. The van der Waals surface area contributed by atoms with Crippen molar-refractivity contribution in [2.75, 3.05) is 19.9 Å². The van der Waals surface area contributed by atoms with Crippen LogP contribution in [-0.4, -0.2) is 31.1 Å². The highest BCUT2D eigenvalue weighted by molar-refractivity contribution is 7.60. The van der Waals surface area contributed by atoms with Crippen LogP contribution in [0.25, 0.3) is 0 Å². The number of aliphatic hydroxyl groups is 1. The smallest absolute Gasteiger partial charge is 0.142 e. The van der Waals surface area contributed by atoms with Gasteiger partial charge in [-0.2, -0.15) is 0 Å². The van der Waals surface area contributed by atoms with Crippen molar-refractivity contribution in [2.45, 2.75) is 13.0 Å². The summed E-state index contributed by atoms with van der Waals surface area (Å²) >= 11 is 0. The predicted octanol–water partition coefficient (Wildman–Crippen LogP) is 0.495. The molecular formula is C5H14NO2P. The van der Waals surface area contributed by atoms with E-state index in [4.69, 9.17) is 5.11 Å². The molecule has 0 aromatic carbocycles. The minimum atomic E-state index is -2.15. The molecule has 0 saturated heterocycles. The second-order valence-corrected chi connectivity index (χ2v) is 5.52. The fourth-order valence-electron chi connectivity index (χ4n) is 0.572. The third kappa shape index (κ3) is 6.03. The third-order valence-corrected chi connectivity index (χ3v) is 1.87. The van der Waals surface area contributed by atoms with Gasteiger partial charge in [0.1, 0.15) is 7.29 Å². The van der Waals surface area contributed by atoms with Crippen molar-refractivity contribution in [3.8, 4) is 0 Å². The van der Waals surface area contributed by atoms with Gasteiger partial charge in [0.05, 0.1) is 6.61 Å². The molecule has 0 rings (SSSR count). The Kier molecular flexibility index (Phi) is 3.41. The van der Waals surface area contributed by atoms with Gasteiger partial charge in [0, 0.05) is 19.4 Å². The first kappa shape index (κ1) is 9.15. The van der Waals surface area contributed by atoms with Gasteiger partial charge in [-0.25, -0.2) is 0 Å². The van der Waals surface area contributed by atoms with Crippen LogP contribution in [0.15, 0.2) is 0 Å². The van der Waals surface area contributed by atoms with Crippen LogP contribution in [0.3, 0.4) is 0 Å². The van der Waals surface area contributed by atoms with Crippen molar-refractivity contribution in [2.24, 2.45) is 0 Å². The Labute approximate surface area is 55.9 Å². The highest BCUT2D eigenvalue weighted by atomic mass is 31.2. The van der Waals surface area contributed by atoms with Crippen molar-refractivity contribution >= 4 is 7.29 Å². The van der Waals surface area contributed by atoms with Crippen LogP contribution in [-0.2, 0) is 4.57 Å². The van der Waals surface area contributed by atoms with Gasteiger partial charge in [-0.1, -0.05) is 0 Å². The number of hydrogen-bond donors (Lipinski definition) is 2. The van der Waals surface area contributed by atoms with E-state index in [1.807, 2.05) is 0 Å². The summed E-state index contributed by atoms with van der Waals surface area (Å²) in [5.41, 5.74) is 0. The lowest BCUT2D eigenvalue weighted by Gasteiger charge is -2.13. The van der Waals surface area contributed by atoms with E-state index >= 15 is 0 Å². The Morgan fingerprint density at radius 3 is 2.22 bits per heavy atom. The quantitative estimate of drug-likeness (QED) is 0.577. The Bertz CT molecular complexity index is 120. The Morgan fingerprint density at radius 2 is 2.11 bits per heavy atom. The van der Waals surface area contributed by atoms with Crippen LogP contribution < -0.4 is 5.09 Å². The lowest BCUT2D eigenvalue weighted by Crippen LogP contribution is -2.25. The molecule has 0 aromatic rings. The summed E-state index contributed by atoms with van der Waals surface area (Å²) in [6, 6.07) is -0.0640. The molecule has 1 atom stereocenters. The van der Waals surface area contributed by atoms with E-state index in [1.165, 1.54) is 0 Å². The van der Waals surface area contributed by atoms with Gasteiger partial charge in [0.25, 0.3) is 0 Å². The van der Waals surface area contributed by atoms with E-state index < -0.39 is 7.29 Å². The molecule has 1 unspecified atom stereocenters. The summed E-state index contributed by atoms with van der Waals surface area (Å²) in [4.78, 5) is 0. The van der Waals surface area contributed by atoms with Crippen molar-refractivity contribution in [3.63, 3.8) is 0 Å². The monoisotopic (exact) mass is 151 g/mol. The molecule has 9 heavy (non-hydrogen) atoms. The van der Waals surface area contributed by atoms with Crippen LogP contribution in [0.2, 0.25) is 0 Å². The molecule has 0 radical (unpaired) electrons. The molecule has 0 amide bonds. The molecule has 0 spiro atoms. The van der Waals surface area contributed by atoms with E-state index in [-0.39, 0.29) is 12.6 Å². The molecule has 3 nitrogen and oxygen atoms in total. The van der Waals surface area contributed by atoms with Gasteiger partial charge in [0.2, 0.25) is 0 Å². The molecule has 0 aliphatic carbocycles. The molecular weight excluding hydrogens is 137 g/mol. The number of nitrogens with one attached hydrogen (secondary N) is 1. The van der Waals surface area contributed by atoms with Crippen molar-refractivity contribution in [3.05, 3.63) is 0 Å². The minimum absolute atomic E-state index is 0.0334. The zero-order chi connectivity index (χ0) is 7.49. The largest absolute Gasteiger partial charge is 0.395 e. The van der Waals surface area contributed by atoms with E-state index in [1.54, 1.807) is 20.3 Å². The third-order valence-electron chi connectivity index (χ3n) is 0.805. The van der Waals surface area contributed by atoms with Crippen molar-refractivity contribution in [1.82, 2.24) is 5.09 Å². The SMILES string of the molecule is CC(CO)NP(C)(C)=O. The Morgan fingerprint density at radius 1 is 1.67 bits per heavy atom. The molecule has 0 heterocycles. The summed E-state index contributed by atoms with van der Waals surface area (Å²) in [6.07, 6.45) is 0. The maximum absolute atomic E-state index is 11.0. The van der Waals surface area contributed by atoms with Crippen molar-refractivity contribution in [1.29, 1.82) is 0 Å². The first-order chi connectivity index (χ1) is 3.95. The second kappa shape index (κ2) is 3.35. The Hall–Kier alpha value is 0.150. The normalized spacial score (nSPS) is 15.6. The lowest BCUT2D eigenvalue weighted by molar-refractivity contribution is 0.265. The maximum atomic E-state index is 11.0. The Balaban J connectivity index is 3.60. The minimum Gasteiger partial charge on any atom is -0.395 e. The van der Waals surface area contributed by atoms with E-state index in [2.05, 4.69) is 5.09 Å². The van der Waals surface area contributed by atoms with Crippen LogP contribution >= 0.6 is 7.29 Å². The fraction of sp³-hybridized carbons (Fsp3) is 1.00. The van der Waals surface area contributed by atoms with E-state index in [9.17, 15) is 4.57 Å². The average Bonchev–Trinajstić information content (AvgIpc) is 1.62. The van der Waals surface area contributed by atoms with E-state index in [0.29, 0.717) is 0 Å². The topological polar surface area (TPSA) is 49.3 Å². The molecule has 0 aromatic heterocycles. The van der Waals surface area contributed by atoms with Gasteiger partial charge in [0.15, 0.2) is 0 Å². The first-order valence-electron chi connectivity index (χ1n) is 2.89. The summed E-state index contributed by atoms with van der Waals surface area (Å²) in [5.74, 6) is 0. The summed E-state index contributed by atoms with van der Waals surface area (Å²) in [5, 5.41) is 11.3. The number of hydrogen-bond acceptors (Lipinski definition) is 2. The highest BCUT2D eigenvalue weighted by Gasteiger charge is 2.09. The summed E-state index contributed by atoms with van der Waals surface area (Å²) in [7, 11) is -2.15. The molecule has 56 valence electrons. The van der Waals surface area contributed by atoms with Crippen LogP contribution in [0.4, 0.5) is 0 Å². The van der Waals surface area contributed by atoms with Gasteiger partial charge in [-0.15, -0.1) is 0 Å². The van der Waals surface area contributed by atoms with Gasteiger partial charge in [-0.05, 0) is 6.92 Å². The van der Waals surface area contributed by atoms with Crippen LogP contribution in [0.1, 0.15) is 6.92 Å². The first-order valence-corrected chi connectivity index (χ1v) is 5.49. The zero-order valence-electron chi connectivity index (χ0n) is 6.09.